The molecular weight excluding hydrogens is 515 g/mol. The minimum absolute atomic E-state index is 0.0926. The van der Waals surface area contributed by atoms with Gasteiger partial charge in [0, 0.05) is 30.2 Å². The standard InChI is InChI=1S/C27H26F3N5O4/c1-15-19(14-39-34-15)21(23(31)36)18(12-13-27(28,29)30)25(37)33-24-26(38)35(2)20-11-7-6-10-17(20)22(32-24)16-8-4-3-5-9-16/h3-11,14,18,21,24H,12-13H2,1-2H3,(H2,31,36)(H,33,37)/t18-,21-,24?/m1/s1. The number of alkyl halides is 3. The number of amides is 3. The minimum Gasteiger partial charge on any atom is -0.369 e. The summed E-state index contributed by atoms with van der Waals surface area (Å²) in [5, 5.41) is 6.15. The first-order valence-electron chi connectivity index (χ1n) is 12.1. The zero-order valence-corrected chi connectivity index (χ0v) is 21.1. The Balaban J connectivity index is 1.75. The van der Waals surface area contributed by atoms with Crippen LogP contribution in [0.3, 0.4) is 0 Å². The fraction of sp³-hybridized carbons (Fsp3) is 0.296. The largest absolute Gasteiger partial charge is 0.389 e. The van der Waals surface area contributed by atoms with Gasteiger partial charge in [-0.05, 0) is 19.4 Å². The molecule has 12 heteroatoms. The highest BCUT2D eigenvalue weighted by atomic mass is 19.4. The molecule has 0 spiro atoms. The number of carbonyl (C=O) groups excluding carboxylic acids is 3. The van der Waals surface area contributed by atoms with E-state index in [0.29, 0.717) is 22.5 Å². The topological polar surface area (TPSA) is 131 Å². The maximum absolute atomic E-state index is 13.6. The number of rotatable bonds is 8. The summed E-state index contributed by atoms with van der Waals surface area (Å²) in [6.07, 6.45) is -7.15. The molecule has 0 radical (unpaired) electrons. The molecule has 3 N–H and O–H groups in total. The van der Waals surface area contributed by atoms with Gasteiger partial charge in [-0.25, -0.2) is 4.99 Å². The Morgan fingerprint density at radius 3 is 2.41 bits per heavy atom. The number of aryl methyl sites for hydroxylation is 1. The molecule has 0 fully saturated rings. The number of nitrogens with two attached hydrogens (primary N) is 1. The van der Waals surface area contributed by atoms with E-state index < -0.39 is 54.7 Å². The van der Waals surface area contributed by atoms with Crippen molar-refractivity contribution in [2.24, 2.45) is 16.6 Å². The Labute approximate surface area is 221 Å². The lowest BCUT2D eigenvalue weighted by Gasteiger charge is -2.26. The molecule has 2 aromatic carbocycles. The Bertz CT molecular complexity index is 1400. The van der Waals surface area contributed by atoms with Gasteiger partial charge in [-0.15, -0.1) is 0 Å². The minimum atomic E-state index is -4.61. The molecule has 1 unspecified atom stereocenters. The van der Waals surface area contributed by atoms with Crippen molar-refractivity contribution in [2.75, 3.05) is 11.9 Å². The van der Waals surface area contributed by atoms with E-state index in [1.165, 1.54) is 18.9 Å². The highest BCUT2D eigenvalue weighted by molar-refractivity contribution is 6.20. The van der Waals surface area contributed by atoms with E-state index in [0.717, 1.165) is 6.26 Å². The Kier molecular flexibility index (Phi) is 7.84. The van der Waals surface area contributed by atoms with Crippen LogP contribution in [0.4, 0.5) is 18.9 Å². The fourth-order valence-electron chi connectivity index (χ4n) is 4.62. The first-order valence-corrected chi connectivity index (χ1v) is 12.1. The molecule has 0 saturated carbocycles. The number of primary amides is 1. The maximum atomic E-state index is 13.6. The number of fused-ring (bicyclic) bond motifs is 1. The van der Waals surface area contributed by atoms with Crippen molar-refractivity contribution in [3.8, 4) is 0 Å². The second-order valence-electron chi connectivity index (χ2n) is 9.16. The third kappa shape index (κ3) is 6.00. The van der Waals surface area contributed by atoms with Crippen LogP contribution < -0.4 is 16.0 Å². The average molecular weight is 542 g/mol. The van der Waals surface area contributed by atoms with Gasteiger partial charge in [-0.2, -0.15) is 13.2 Å². The van der Waals surface area contributed by atoms with Gasteiger partial charge in [-0.1, -0.05) is 53.7 Å². The number of nitrogens with one attached hydrogen (secondary N) is 1. The Hall–Kier alpha value is -4.48. The number of hydrogen-bond acceptors (Lipinski definition) is 6. The molecule has 39 heavy (non-hydrogen) atoms. The van der Waals surface area contributed by atoms with Crippen molar-refractivity contribution in [1.29, 1.82) is 0 Å². The van der Waals surface area contributed by atoms with E-state index in [4.69, 9.17) is 10.3 Å². The molecule has 0 bridgehead atoms. The number of carbonyl (C=O) groups is 3. The van der Waals surface area contributed by atoms with Crippen LogP contribution in [0, 0.1) is 12.8 Å². The van der Waals surface area contributed by atoms with Gasteiger partial charge in [0.25, 0.3) is 5.91 Å². The quantitative estimate of drug-likeness (QED) is 0.451. The molecule has 9 nitrogen and oxygen atoms in total. The number of halogens is 3. The van der Waals surface area contributed by atoms with Crippen LogP contribution in [0.1, 0.15) is 41.1 Å². The second-order valence-corrected chi connectivity index (χ2v) is 9.16. The zero-order chi connectivity index (χ0) is 28.3. The van der Waals surface area contributed by atoms with Gasteiger partial charge in [0.15, 0.2) is 0 Å². The van der Waals surface area contributed by atoms with Gasteiger partial charge < -0.3 is 20.5 Å². The third-order valence-corrected chi connectivity index (χ3v) is 6.58. The number of aliphatic imine (C=N–C) groups is 1. The van der Waals surface area contributed by atoms with Gasteiger partial charge in [0.05, 0.1) is 28.9 Å². The van der Waals surface area contributed by atoms with Crippen molar-refractivity contribution in [1.82, 2.24) is 10.5 Å². The van der Waals surface area contributed by atoms with Crippen LogP contribution in [0.15, 0.2) is 70.4 Å². The monoisotopic (exact) mass is 541 g/mol. The number of para-hydroxylation sites is 1. The van der Waals surface area contributed by atoms with Gasteiger partial charge in [0.2, 0.25) is 18.0 Å². The Morgan fingerprint density at radius 1 is 1.13 bits per heavy atom. The Morgan fingerprint density at radius 2 is 1.79 bits per heavy atom. The van der Waals surface area contributed by atoms with Crippen molar-refractivity contribution in [3.63, 3.8) is 0 Å². The number of benzene rings is 2. The van der Waals surface area contributed by atoms with E-state index in [1.807, 2.05) is 6.07 Å². The summed E-state index contributed by atoms with van der Waals surface area (Å²) in [5.74, 6) is -5.70. The highest BCUT2D eigenvalue weighted by Crippen LogP contribution is 2.34. The molecule has 1 aliphatic rings. The van der Waals surface area contributed by atoms with E-state index in [1.54, 1.807) is 48.5 Å². The number of anilines is 1. The lowest BCUT2D eigenvalue weighted by Crippen LogP contribution is -2.49. The first kappa shape index (κ1) is 27.6. The van der Waals surface area contributed by atoms with E-state index in [9.17, 15) is 27.6 Å². The molecule has 2 heterocycles. The average Bonchev–Trinajstić information content (AvgIpc) is 3.28. The number of likely N-dealkylation sites (N-methyl/N-ethyl adjacent to an activating group) is 1. The predicted molar refractivity (Wildman–Crippen MR) is 136 cm³/mol. The molecule has 1 aliphatic heterocycles. The summed E-state index contributed by atoms with van der Waals surface area (Å²) in [7, 11) is 1.51. The highest BCUT2D eigenvalue weighted by Gasteiger charge is 2.41. The van der Waals surface area contributed by atoms with Gasteiger partial charge in [-0.3, -0.25) is 14.4 Å². The fourth-order valence-corrected chi connectivity index (χ4v) is 4.62. The predicted octanol–water partition coefficient (Wildman–Crippen LogP) is 3.47. The van der Waals surface area contributed by atoms with Crippen LogP contribution in [0.25, 0.3) is 0 Å². The summed E-state index contributed by atoms with van der Waals surface area (Å²) in [6.45, 7) is 1.48. The van der Waals surface area contributed by atoms with Crippen LogP contribution >= 0.6 is 0 Å². The first-order chi connectivity index (χ1) is 18.5. The summed E-state index contributed by atoms with van der Waals surface area (Å²) >= 11 is 0. The molecule has 0 aliphatic carbocycles. The molecule has 3 atom stereocenters. The molecule has 0 saturated heterocycles. The number of hydrogen-bond donors (Lipinski definition) is 2. The van der Waals surface area contributed by atoms with Gasteiger partial charge >= 0.3 is 6.18 Å². The summed E-state index contributed by atoms with van der Waals surface area (Å²) in [5.41, 5.74) is 8.09. The lowest BCUT2D eigenvalue weighted by molar-refractivity contribution is -0.144. The second kappa shape index (κ2) is 11.1. The van der Waals surface area contributed by atoms with Crippen LogP contribution in [0.2, 0.25) is 0 Å². The normalized spacial score (nSPS) is 17.1. The maximum Gasteiger partial charge on any atom is 0.389 e. The van der Waals surface area contributed by atoms with Crippen molar-refractivity contribution in [3.05, 3.63) is 83.2 Å². The summed E-state index contributed by atoms with van der Waals surface area (Å²) in [4.78, 5) is 45.4. The molecule has 3 amide bonds. The SMILES string of the molecule is Cc1nocc1[C@H](C(N)=O)[C@@H](CCC(F)(F)F)C(=O)NC1N=C(c2ccccc2)c2ccccc2N(C)C1=O. The van der Waals surface area contributed by atoms with Crippen molar-refractivity contribution in [2.45, 2.75) is 38.0 Å². The molecule has 3 aromatic rings. The van der Waals surface area contributed by atoms with E-state index >= 15 is 0 Å². The molecule has 4 rings (SSSR count). The summed E-state index contributed by atoms with van der Waals surface area (Å²) < 4.78 is 44.5. The van der Waals surface area contributed by atoms with Crippen molar-refractivity contribution >= 4 is 29.1 Å². The van der Waals surface area contributed by atoms with Crippen molar-refractivity contribution < 1.29 is 32.1 Å². The lowest BCUT2D eigenvalue weighted by atomic mass is 9.82. The van der Waals surface area contributed by atoms with E-state index in [-0.39, 0.29) is 11.3 Å². The molecule has 1 aromatic heterocycles. The number of benzodiazepines with no additional fused rings is 1. The molecule has 204 valence electrons. The smallest absolute Gasteiger partial charge is 0.369 e. The zero-order valence-electron chi connectivity index (χ0n) is 21.1. The van der Waals surface area contributed by atoms with Crippen LogP contribution in [0.5, 0.6) is 0 Å². The number of aromatic nitrogens is 1. The van der Waals surface area contributed by atoms with E-state index in [2.05, 4.69) is 15.5 Å². The third-order valence-electron chi connectivity index (χ3n) is 6.58. The number of nitrogens with zero attached hydrogens (tertiary/aromatic N) is 3. The van der Waals surface area contributed by atoms with Crippen LogP contribution in [-0.4, -0.2) is 48.0 Å². The summed E-state index contributed by atoms with van der Waals surface area (Å²) in [6, 6.07) is 16.0. The van der Waals surface area contributed by atoms with Crippen LogP contribution in [-0.2, 0) is 14.4 Å². The molecular formula is C27H26F3N5O4. The van der Waals surface area contributed by atoms with Gasteiger partial charge in [0.1, 0.15) is 6.26 Å².